The zero-order valence-corrected chi connectivity index (χ0v) is 9.27. The van der Waals surface area contributed by atoms with Crippen molar-refractivity contribution in [2.24, 2.45) is 11.3 Å². The third-order valence-electron chi connectivity index (χ3n) is 3.33. The minimum absolute atomic E-state index is 0.0241. The topological polar surface area (TPSA) is 58.9 Å². The standard InChI is InChI=1S/C9H17O4P/c1-6-3-9(4-10)5-12-7(6)8(9)13-14(2)11/h6-8,10-11,14H,2-5H2,1H3. The fourth-order valence-electron chi connectivity index (χ4n) is 2.71. The van der Waals surface area contributed by atoms with Crippen molar-refractivity contribution < 1.29 is 19.3 Å². The molecule has 5 heteroatoms. The van der Waals surface area contributed by atoms with Gasteiger partial charge < -0.3 is 19.3 Å². The molecule has 5 atom stereocenters. The maximum atomic E-state index is 9.39. The highest BCUT2D eigenvalue weighted by atomic mass is 31.1. The van der Waals surface area contributed by atoms with Crippen LogP contribution < -0.4 is 0 Å². The molecule has 0 aromatic carbocycles. The Hall–Kier alpha value is 0.140. The van der Waals surface area contributed by atoms with E-state index in [1.807, 2.05) is 0 Å². The van der Waals surface area contributed by atoms with Crippen LogP contribution >= 0.6 is 8.00 Å². The summed E-state index contributed by atoms with van der Waals surface area (Å²) < 4.78 is 11.0. The van der Waals surface area contributed by atoms with Gasteiger partial charge in [-0.05, 0) is 12.3 Å². The third-order valence-corrected chi connectivity index (χ3v) is 3.86. The molecular weight excluding hydrogens is 203 g/mol. The second-order valence-corrected chi connectivity index (χ2v) is 5.43. The summed E-state index contributed by atoms with van der Waals surface area (Å²) in [6.07, 6.45) is 4.25. The van der Waals surface area contributed by atoms with Gasteiger partial charge in [0.05, 0.1) is 19.3 Å². The van der Waals surface area contributed by atoms with E-state index in [1.165, 1.54) is 0 Å². The lowest BCUT2D eigenvalue weighted by Gasteiger charge is -2.27. The van der Waals surface area contributed by atoms with Crippen LogP contribution in [0.3, 0.4) is 0 Å². The first-order chi connectivity index (χ1) is 6.59. The number of hydrogen-bond acceptors (Lipinski definition) is 4. The van der Waals surface area contributed by atoms with E-state index in [0.717, 1.165) is 6.42 Å². The SMILES string of the molecule is C=[PH](O)OC1C2OCC1(CO)CC2C. The first kappa shape index (κ1) is 10.7. The zero-order valence-electron chi connectivity index (χ0n) is 8.27. The van der Waals surface area contributed by atoms with Crippen molar-refractivity contribution in [3.05, 3.63) is 0 Å². The highest BCUT2D eigenvalue weighted by molar-refractivity contribution is 7.44. The molecule has 0 radical (unpaired) electrons. The molecule has 1 saturated heterocycles. The van der Waals surface area contributed by atoms with Gasteiger partial charge in [-0.3, -0.25) is 0 Å². The summed E-state index contributed by atoms with van der Waals surface area (Å²) in [4.78, 5) is 9.20. The van der Waals surface area contributed by atoms with Crippen LogP contribution in [0.1, 0.15) is 13.3 Å². The Labute approximate surface area is 84.4 Å². The number of ether oxygens (including phenoxy) is 1. The molecule has 2 aliphatic rings. The summed E-state index contributed by atoms with van der Waals surface area (Å²) in [5.74, 6) is 0.391. The zero-order chi connectivity index (χ0) is 10.3. The van der Waals surface area contributed by atoms with Gasteiger partial charge in [-0.25, -0.2) is 0 Å². The summed E-state index contributed by atoms with van der Waals surface area (Å²) in [5, 5.41) is 9.39. The number of fused-ring (bicyclic) bond motifs is 2. The maximum Gasteiger partial charge on any atom is 0.102 e. The van der Waals surface area contributed by atoms with E-state index in [9.17, 15) is 10.00 Å². The monoisotopic (exact) mass is 220 g/mol. The van der Waals surface area contributed by atoms with Gasteiger partial charge >= 0.3 is 0 Å². The average molecular weight is 220 g/mol. The van der Waals surface area contributed by atoms with Crippen molar-refractivity contribution >= 4 is 14.3 Å². The van der Waals surface area contributed by atoms with Gasteiger partial charge in [0.15, 0.2) is 0 Å². The molecule has 0 aromatic heterocycles. The van der Waals surface area contributed by atoms with E-state index in [-0.39, 0.29) is 24.2 Å². The number of aliphatic hydroxyl groups excluding tert-OH is 1. The van der Waals surface area contributed by atoms with Crippen LogP contribution in [0.5, 0.6) is 0 Å². The van der Waals surface area contributed by atoms with Crippen LogP contribution in [0.4, 0.5) is 0 Å². The fraction of sp³-hybridized carbons (Fsp3) is 0.889. The lowest BCUT2D eigenvalue weighted by atomic mass is 9.86. The van der Waals surface area contributed by atoms with Crippen LogP contribution in [0, 0.1) is 11.3 Å². The Morgan fingerprint density at radius 3 is 2.93 bits per heavy atom. The van der Waals surface area contributed by atoms with Crippen molar-refractivity contribution in [1.29, 1.82) is 0 Å². The van der Waals surface area contributed by atoms with Gasteiger partial charge in [0.1, 0.15) is 14.1 Å². The molecule has 2 bridgehead atoms. The molecule has 82 valence electrons. The number of aliphatic hydroxyl groups is 1. The maximum absolute atomic E-state index is 9.39. The van der Waals surface area contributed by atoms with Crippen LogP contribution in [0.15, 0.2) is 0 Å². The summed E-state index contributed by atoms with van der Waals surface area (Å²) in [6.45, 7) is 2.69. The van der Waals surface area contributed by atoms with Crippen LogP contribution in [0.25, 0.3) is 0 Å². The smallest absolute Gasteiger partial charge is 0.102 e. The molecule has 5 unspecified atom stereocenters. The molecule has 1 saturated carbocycles. The molecule has 1 aliphatic carbocycles. The Balaban J connectivity index is 2.18. The average Bonchev–Trinajstić information content (AvgIpc) is 2.57. The normalized spacial score (nSPS) is 48.4. The number of hydrogen-bond donors (Lipinski definition) is 2. The molecule has 1 aliphatic heterocycles. The Bertz CT molecular complexity index is 257. The van der Waals surface area contributed by atoms with Crippen LogP contribution in [-0.2, 0) is 9.26 Å². The van der Waals surface area contributed by atoms with Crippen molar-refractivity contribution in [2.75, 3.05) is 13.2 Å². The van der Waals surface area contributed by atoms with Gasteiger partial charge in [0, 0.05) is 5.41 Å². The quantitative estimate of drug-likeness (QED) is 0.670. The Morgan fingerprint density at radius 1 is 1.71 bits per heavy atom. The molecule has 2 N–H and O–H groups in total. The minimum Gasteiger partial charge on any atom is -0.396 e. The largest absolute Gasteiger partial charge is 0.396 e. The lowest BCUT2D eigenvalue weighted by molar-refractivity contribution is -0.00148. The molecule has 0 amide bonds. The van der Waals surface area contributed by atoms with Crippen LogP contribution in [0.2, 0.25) is 0 Å². The molecule has 2 fully saturated rings. The van der Waals surface area contributed by atoms with E-state index in [0.29, 0.717) is 12.5 Å². The molecule has 14 heavy (non-hydrogen) atoms. The minimum atomic E-state index is -1.95. The molecule has 0 spiro atoms. The Morgan fingerprint density at radius 2 is 2.43 bits per heavy atom. The van der Waals surface area contributed by atoms with Crippen molar-refractivity contribution in [2.45, 2.75) is 25.6 Å². The summed E-state index contributed by atoms with van der Waals surface area (Å²) in [6, 6.07) is 0. The third kappa shape index (κ3) is 1.46. The molecule has 2 rings (SSSR count). The second kappa shape index (κ2) is 3.62. The van der Waals surface area contributed by atoms with E-state index < -0.39 is 8.00 Å². The van der Waals surface area contributed by atoms with E-state index >= 15 is 0 Å². The summed E-state index contributed by atoms with van der Waals surface area (Å²) in [7, 11) is -1.95. The highest BCUT2D eigenvalue weighted by Gasteiger charge is 2.59. The van der Waals surface area contributed by atoms with Gasteiger partial charge in [-0.2, -0.15) is 0 Å². The summed E-state index contributed by atoms with van der Waals surface area (Å²) >= 11 is 0. The van der Waals surface area contributed by atoms with E-state index in [1.54, 1.807) is 0 Å². The lowest BCUT2D eigenvalue weighted by Crippen LogP contribution is -2.35. The molecule has 0 aromatic rings. The first-order valence-electron chi connectivity index (χ1n) is 4.86. The van der Waals surface area contributed by atoms with Gasteiger partial charge in [-0.15, -0.1) is 0 Å². The summed E-state index contributed by atoms with van der Waals surface area (Å²) in [5.41, 5.74) is -0.291. The molecule has 4 nitrogen and oxygen atoms in total. The van der Waals surface area contributed by atoms with Crippen molar-refractivity contribution in [3.63, 3.8) is 0 Å². The highest BCUT2D eigenvalue weighted by Crippen LogP contribution is 2.52. The van der Waals surface area contributed by atoms with E-state index in [2.05, 4.69) is 13.2 Å². The molecular formula is C9H17O4P. The number of rotatable bonds is 3. The predicted octanol–water partition coefficient (Wildman–Crippen LogP) is 0.257. The predicted molar refractivity (Wildman–Crippen MR) is 55.6 cm³/mol. The molecule has 1 heterocycles. The van der Waals surface area contributed by atoms with Crippen molar-refractivity contribution in [1.82, 2.24) is 0 Å². The second-order valence-electron chi connectivity index (χ2n) is 4.41. The first-order valence-corrected chi connectivity index (χ1v) is 6.42. The van der Waals surface area contributed by atoms with Crippen LogP contribution in [-0.4, -0.2) is 41.7 Å². The van der Waals surface area contributed by atoms with Gasteiger partial charge in [-0.1, -0.05) is 13.2 Å². The van der Waals surface area contributed by atoms with Gasteiger partial charge in [0.25, 0.3) is 0 Å². The van der Waals surface area contributed by atoms with Gasteiger partial charge in [0.2, 0.25) is 0 Å². The van der Waals surface area contributed by atoms with Crippen molar-refractivity contribution in [3.8, 4) is 0 Å². The Kier molecular flexibility index (Phi) is 2.75. The van der Waals surface area contributed by atoms with E-state index in [4.69, 9.17) is 9.26 Å². The fourth-order valence-corrected chi connectivity index (χ4v) is 3.39.